The van der Waals surface area contributed by atoms with Crippen molar-refractivity contribution >= 4 is 30.6 Å². The summed E-state index contributed by atoms with van der Waals surface area (Å²) in [4.78, 5) is 39.8. The predicted molar refractivity (Wildman–Crippen MR) is 143 cm³/mol. The van der Waals surface area contributed by atoms with Gasteiger partial charge < -0.3 is 0 Å². The lowest BCUT2D eigenvalue weighted by Crippen LogP contribution is -2.60. The van der Waals surface area contributed by atoms with Crippen LogP contribution in [0.1, 0.15) is 72.1 Å². The van der Waals surface area contributed by atoms with Gasteiger partial charge >= 0.3 is 0 Å². The zero-order valence-electron chi connectivity index (χ0n) is 22.4. The van der Waals surface area contributed by atoms with Gasteiger partial charge in [0.05, 0.1) is 8.07 Å². The van der Waals surface area contributed by atoms with Crippen LogP contribution in [0.4, 0.5) is 0 Å². The summed E-state index contributed by atoms with van der Waals surface area (Å²) >= 11 is 0. The molecule has 1 aromatic rings. The maximum Gasteiger partial charge on any atom is 0.139 e. The van der Waals surface area contributed by atoms with Crippen molar-refractivity contribution in [3.63, 3.8) is 0 Å². The van der Waals surface area contributed by atoms with Gasteiger partial charge in [-0.15, -0.1) is 0 Å². The van der Waals surface area contributed by atoms with E-state index in [4.69, 9.17) is 0 Å². The van der Waals surface area contributed by atoms with Crippen molar-refractivity contribution in [2.75, 3.05) is 0 Å². The summed E-state index contributed by atoms with van der Waals surface area (Å²) in [6.45, 7) is 11.8. The van der Waals surface area contributed by atoms with E-state index in [9.17, 15) is 14.4 Å². The van der Waals surface area contributed by atoms with E-state index in [1.165, 1.54) is 11.2 Å². The van der Waals surface area contributed by atoms with E-state index in [-0.39, 0.29) is 34.5 Å². The molecular weight excluding hydrogens is 448 g/mol. The molecule has 4 aliphatic rings. The van der Waals surface area contributed by atoms with Gasteiger partial charge in [0.25, 0.3) is 0 Å². The van der Waals surface area contributed by atoms with Crippen LogP contribution in [0.15, 0.2) is 30.3 Å². The Morgan fingerprint density at radius 3 is 2.40 bits per heavy atom. The summed E-state index contributed by atoms with van der Waals surface area (Å²) in [5.74, 6) is 2.49. The molecule has 1 aromatic carbocycles. The van der Waals surface area contributed by atoms with Crippen molar-refractivity contribution in [3.05, 3.63) is 30.3 Å². The Labute approximate surface area is 212 Å². The number of Topliss-reactive ketones (excluding diaryl/α,β-unsaturated/α-hetero) is 3. The van der Waals surface area contributed by atoms with Gasteiger partial charge in [-0.05, 0) is 54.3 Å². The molecule has 0 aromatic heterocycles. The Kier molecular flexibility index (Phi) is 6.30. The van der Waals surface area contributed by atoms with Gasteiger partial charge in [0.2, 0.25) is 0 Å². The molecule has 4 heteroatoms. The number of hydrogen-bond acceptors (Lipinski definition) is 3. The predicted octanol–water partition coefficient (Wildman–Crippen LogP) is 6.21. The lowest BCUT2D eigenvalue weighted by Gasteiger charge is -2.58. The van der Waals surface area contributed by atoms with E-state index in [0.717, 1.165) is 25.7 Å². The average Bonchev–Trinajstić information content (AvgIpc) is 3.18. The van der Waals surface area contributed by atoms with Crippen LogP contribution >= 0.6 is 0 Å². The van der Waals surface area contributed by atoms with Gasteiger partial charge in [-0.2, -0.15) is 0 Å². The second-order valence-corrected chi connectivity index (χ2v) is 18.6. The van der Waals surface area contributed by atoms with Gasteiger partial charge in [-0.3, -0.25) is 14.4 Å². The summed E-state index contributed by atoms with van der Waals surface area (Å²) in [6.07, 6.45) is 6.40. The van der Waals surface area contributed by atoms with Crippen molar-refractivity contribution in [1.29, 1.82) is 0 Å². The first-order chi connectivity index (χ1) is 16.5. The number of benzene rings is 1. The minimum Gasteiger partial charge on any atom is -0.300 e. The average molecular weight is 493 g/mol. The first-order valence-electron chi connectivity index (χ1n) is 14.1. The molecule has 0 heterocycles. The van der Waals surface area contributed by atoms with Crippen LogP contribution in [-0.4, -0.2) is 25.4 Å². The van der Waals surface area contributed by atoms with E-state index in [2.05, 4.69) is 64.2 Å². The zero-order valence-corrected chi connectivity index (χ0v) is 23.4. The number of ketones is 3. The van der Waals surface area contributed by atoms with Crippen LogP contribution in [0.2, 0.25) is 19.1 Å². The maximum absolute atomic E-state index is 14.0. The number of carbonyl (C=O) groups excluding carboxylic acids is 3. The van der Waals surface area contributed by atoms with E-state index >= 15 is 0 Å². The first-order valence-corrected chi connectivity index (χ1v) is 17.3. The molecule has 5 rings (SSSR count). The van der Waals surface area contributed by atoms with E-state index in [0.29, 0.717) is 54.9 Å². The third-order valence-electron chi connectivity index (χ3n) is 11.7. The van der Waals surface area contributed by atoms with Crippen molar-refractivity contribution in [2.45, 2.75) is 91.3 Å². The lowest BCUT2D eigenvalue weighted by molar-refractivity contribution is -0.166. The van der Waals surface area contributed by atoms with Gasteiger partial charge in [0, 0.05) is 37.0 Å². The summed E-state index contributed by atoms with van der Waals surface area (Å²) in [7, 11) is -1.52. The molecular formula is C31H44O3Si. The molecule has 0 N–H and O–H groups in total. The minimum absolute atomic E-state index is 0.0273. The molecule has 35 heavy (non-hydrogen) atoms. The minimum atomic E-state index is -1.52. The summed E-state index contributed by atoms with van der Waals surface area (Å²) in [6, 6.07) is 12.2. The number of carbonyl (C=O) groups is 3. The largest absolute Gasteiger partial charge is 0.300 e. The molecule has 4 aliphatic carbocycles. The molecule has 4 saturated carbocycles. The van der Waals surface area contributed by atoms with Gasteiger partial charge in [-0.25, -0.2) is 0 Å². The van der Waals surface area contributed by atoms with E-state index < -0.39 is 8.07 Å². The Balaban J connectivity index is 1.35. The highest BCUT2D eigenvalue weighted by atomic mass is 28.3. The van der Waals surface area contributed by atoms with Crippen molar-refractivity contribution in [1.82, 2.24) is 0 Å². The van der Waals surface area contributed by atoms with E-state index in [1.807, 2.05) is 0 Å². The monoisotopic (exact) mass is 492 g/mol. The Hall–Kier alpha value is -1.55. The number of hydrogen-bond donors (Lipinski definition) is 0. The molecule has 190 valence electrons. The van der Waals surface area contributed by atoms with Crippen LogP contribution < -0.4 is 5.19 Å². The molecule has 0 aliphatic heterocycles. The van der Waals surface area contributed by atoms with Crippen molar-refractivity contribution < 1.29 is 14.4 Å². The van der Waals surface area contributed by atoms with E-state index in [1.54, 1.807) is 0 Å². The normalized spacial score (nSPS) is 40.1. The smallest absolute Gasteiger partial charge is 0.139 e. The quantitative estimate of drug-likeness (QED) is 0.459. The fourth-order valence-electron chi connectivity index (χ4n) is 9.21. The first kappa shape index (κ1) is 25.1. The molecule has 0 spiro atoms. The number of fused-ring (bicyclic) bond motifs is 5. The van der Waals surface area contributed by atoms with Crippen molar-refractivity contribution in [3.8, 4) is 0 Å². The second-order valence-electron chi connectivity index (χ2n) is 13.7. The third kappa shape index (κ3) is 3.93. The highest BCUT2D eigenvalue weighted by molar-refractivity contribution is 6.89. The number of rotatable bonds is 5. The highest BCUT2D eigenvalue weighted by Gasteiger charge is 2.66. The maximum atomic E-state index is 14.0. The summed E-state index contributed by atoms with van der Waals surface area (Å²) < 4.78 is 0. The van der Waals surface area contributed by atoms with Crippen LogP contribution in [0, 0.1) is 46.3 Å². The van der Waals surface area contributed by atoms with Crippen LogP contribution in [0.3, 0.4) is 0 Å². The molecule has 8 atom stereocenters. The Bertz CT molecular complexity index is 1020. The Morgan fingerprint density at radius 1 is 0.971 bits per heavy atom. The van der Waals surface area contributed by atoms with Crippen LogP contribution in [0.5, 0.6) is 0 Å². The fourth-order valence-corrected chi connectivity index (χ4v) is 11.8. The van der Waals surface area contributed by atoms with Crippen LogP contribution in [-0.2, 0) is 14.4 Å². The SMILES string of the molecule is C[C@H](CC[Si](C)(C)c1ccccc1)[C@H]1CC[C@H]2[C@@H]3C(=O)C[C@@H]4CC(=O)CC[C@]4(C)[C@H]3CC(=O)[C@]12C. The summed E-state index contributed by atoms with van der Waals surface area (Å²) in [5.41, 5.74) is -0.388. The molecule has 4 fully saturated rings. The summed E-state index contributed by atoms with van der Waals surface area (Å²) in [5, 5.41) is 1.51. The second kappa shape index (κ2) is 8.78. The van der Waals surface area contributed by atoms with Gasteiger partial charge in [-0.1, -0.05) is 81.8 Å². The molecule has 0 unspecified atom stereocenters. The molecule has 3 nitrogen and oxygen atoms in total. The highest BCUT2D eigenvalue weighted by Crippen LogP contribution is 2.66. The standard InChI is InChI=1S/C31H44O3Si/c1-20(14-16-35(4,5)23-9-7-6-8-10-23)24-11-12-25-29-26(19-28(34)31(24,25)3)30(2)15-13-22(32)17-21(30)18-27(29)33/h6-10,20-21,24-26,29H,11-19H2,1-5H3/t20-,21+,24-,25+,26+,29+,30+,31-/m1/s1. The molecule has 0 saturated heterocycles. The zero-order chi connectivity index (χ0) is 25.2. The molecule has 0 bridgehead atoms. The van der Waals surface area contributed by atoms with Gasteiger partial charge in [0.15, 0.2) is 0 Å². The van der Waals surface area contributed by atoms with Crippen LogP contribution in [0.25, 0.3) is 0 Å². The lowest BCUT2D eigenvalue weighted by atomic mass is 9.44. The van der Waals surface area contributed by atoms with Crippen molar-refractivity contribution in [2.24, 2.45) is 46.3 Å². The molecule has 0 radical (unpaired) electrons. The molecule has 0 amide bonds. The van der Waals surface area contributed by atoms with Gasteiger partial charge in [0.1, 0.15) is 17.3 Å². The third-order valence-corrected chi connectivity index (χ3v) is 15.1. The Morgan fingerprint density at radius 2 is 1.69 bits per heavy atom. The fraction of sp³-hybridized carbons (Fsp3) is 0.710. The topological polar surface area (TPSA) is 51.2 Å².